The van der Waals surface area contributed by atoms with Crippen LogP contribution in [0, 0.1) is 0 Å². The Morgan fingerprint density at radius 2 is 1.62 bits per heavy atom. The lowest BCUT2D eigenvalue weighted by molar-refractivity contribution is -0.134. The predicted molar refractivity (Wildman–Crippen MR) is 93.6 cm³/mol. The summed E-state index contributed by atoms with van der Waals surface area (Å²) in [4.78, 5) is 14.6. The number of allylic oxidation sites excluding steroid dienone is 2. The lowest BCUT2D eigenvalue weighted by Crippen LogP contribution is -2.44. The first-order valence-corrected chi connectivity index (χ1v) is 7.74. The molecule has 0 bridgehead atoms. The zero-order chi connectivity index (χ0) is 16.9. The highest BCUT2D eigenvalue weighted by Crippen LogP contribution is 2.29. The molecule has 1 atom stereocenters. The number of anilines is 1. The van der Waals surface area contributed by atoms with Crippen LogP contribution in [0.2, 0.25) is 0 Å². The van der Waals surface area contributed by atoms with E-state index in [1.165, 1.54) is 0 Å². The number of carbonyl (C=O) groups excluding carboxylic acids is 1. The lowest BCUT2D eigenvalue weighted by atomic mass is 10.1. The number of carbonyl (C=O) groups is 1. The van der Waals surface area contributed by atoms with Gasteiger partial charge in [0.2, 0.25) is 0 Å². The topological polar surface area (TPSA) is 38.8 Å². The van der Waals surface area contributed by atoms with Crippen LogP contribution < -0.4 is 9.64 Å². The third kappa shape index (κ3) is 3.33. The molecular weight excluding hydrogens is 302 g/mol. The molecule has 0 spiro atoms. The van der Waals surface area contributed by atoms with Crippen molar-refractivity contribution < 1.29 is 14.3 Å². The van der Waals surface area contributed by atoms with Gasteiger partial charge in [0.25, 0.3) is 0 Å². The van der Waals surface area contributed by atoms with Crippen molar-refractivity contribution >= 4 is 11.7 Å². The minimum Gasteiger partial charge on any atom is -0.482 e. The zero-order valence-corrected chi connectivity index (χ0v) is 13.7. The highest BCUT2D eigenvalue weighted by molar-refractivity contribution is 5.86. The van der Waals surface area contributed by atoms with E-state index in [1.54, 1.807) is 19.2 Å². The van der Waals surface area contributed by atoms with Crippen LogP contribution in [0.4, 0.5) is 5.69 Å². The second-order valence-electron chi connectivity index (χ2n) is 5.48. The van der Waals surface area contributed by atoms with Gasteiger partial charge in [0, 0.05) is 11.8 Å². The van der Waals surface area contributed by atoms with Crippen LogP contribution in [0.3, 0.4) is 0 Å². The Morgan fingerprint density at radius 3 is 2.25 bits per heavy atom. The fraction of sp³-hybridized carbons (Fsp3) is 0.150. The molecule has 4 nitrogen and oxygen atoms in total. The van der Waals surface area contributed by atoms with E-state index in [-0.39, 0.29) is 5.97 Å². The molecule has 2 aromatic carbocycles. The smallest absolute Gasteiger partial charge is 0.338 e. The van der Waals surface area contributed by atoms with Crippen LogP contribution in [-0.4, -0.2) is 19.1 Å². The number of benzene rings is 2. The summed E-state index contributed by atoms with van der Waals surface area (Å²) in [5.41, 5.74) is 1.82. The molecule has 3 rings (SSSR count). The van der Waals surface area contributed by atoms with E-state index < -0.39 is 6.04 Å². The van der Waals surface area contributed by atoms with Crippen molar-refractivity contribution in [3.63, 3.8) is 0 Å². The van der Waals surface area contributed by atoms with Gasteiger partial charge in [-0.1, -0.05) is 36.4 Å². The van der Waals surface area contributed by atoms with Crippen LogP contribution in [0.25, 0.3) is 0 Å². The van der Waals surface area contributed by atoms with Gasteiger partial charge >= 0.3 is 5.97 Å². The maximum Gasteiger partial charge on any atom is 0.338 e. The molecule has 0 saturated carbocycles. The summed E-state index contributed by atoms with van der Waals surface area (Å²) >= 11 is 0. The fourth-order valence-electron chi connectivity index (χ4n) is 2.65. The van der Waals surface area contributed by atoms with E-state index in [1.807, 2.05) is 72.5 Å². The first-order valence-electron chi connectivity index (χ1n) is 7.74. The molecule has 24 heavy (non-hydrogen) atoms. The maximum absolute atomic E-state index is 12.8. The molecule has 0 amide bonds. The Bertz CT molecular complexity index is 766. The molecule has 0 radical (unpaired) electrons. The predicted octanol–water partition coefficient (Wildman–Crippen LogP) is 3.91. The van der Waals surface area contributed by atoms with E-state index in [2.05, 4.69) is 0 Å². The molecule has 0 saturated heterocycles. The Kier molecular flexibility index (Phi) is 4.66. The number of ether oxygens (including phenoxy) is 2. The van der Waals surface area contributed by atoms with Crippen molar-refractivity contribution in [2.45, 2.75) is 13.0 Å². The number of hydrogen-bond donors (Lipinski definition) is 0. The Hall–Kier alpha value is -3.01. The molecule has 0 aromatic heterocycles. The van der Waals surface area contributed by atoms with Crippen molar-refractivity contribution in [1.82, 2.24) is 0 Å². The van der Waals surface area contributed by atoms with Crippen molar-refractivity contribution in [2.24, 2.45) is 0 Å². The second-order valence-corrected chi connectivity index (χ2v) is 5.48. The normalized spacial score (nSPS) is 16.9. The van der Waals surface area contributed by atoms with Gasteiger partial charge in [-0.3, -0.25) is 4.90 Å². The number of rotatable bonds is 4. The van der Waals surface area contributed by atoms with Gasteiger partial charge < -0.3 is 9.47 Å². The lowest BCUT2D eigenvalue weighted by Gasteiger charge is -2.33. The van der Waals surface area contributed by atoms with Gasteiger partial charge in [-0.15, -0.1) is 0 Å². The third-order valence-corrected chi connectivity index (χ3v) is 3.73. The summed E-state index contributed by atoms with van der Waals surface area (Å²) in [6, 6.07) is 18.1. The van der Waals surface area contributed by atoms with E-state index in [0.29, 0.717) is 11.6 Å². The molecule has 1 aliphatic rings. The number of methoxy groups -OCH3 is 1. The van der Waals surface area contributed by atoms with E-state index in [9.17, 15) is 4.79 Å². The third-order valence-electron chi connectivity index (χ3n) is 3.73. The highest BCUT2D eigenvalue weighted by atomic mass is 16.5. The molecule has 4 heteroatoms. The number of esters is 1. The number of para-hydroxylation sites is 2. The average molecular weight is 321 g/mol. The van der Waals surface area contributed by atoms with Crippen LogP contribution in [-0.2, 0) is 9.53 Å². The summed E-state index contributed by atoms with van der Waals surface area (Å²) in [6.07, 6.45) is 3.78. The molecule has 0 fully saturated rings. The van der Waals surface area contributed by atoms with Crippen LogP contribution in [0.5, 0.6) is 5.75 Å². The quantitative estimate of drug-likeness (QED) is 0.632. The van der Waals surface area contributed by atoms with Crippen LogP contribution >= 0.6 is 0 Å². The highest BCUT2D eigenvalue weighted by Gasteiger charge is 2.32. The van der Waals surface area contributed by atoms with Gasteiger partial charge in [0.15, 0.2) is 11.9 Å². The minimum absolute atomic E-state index is 0.355. The molecule has 0 N–H and O–H groups in total. The molecule has 2 aromatic rings. The Balaban J connectivity index is 1.93. The minimum atomic E-state index is -0.590. The van der Waals surface area contributed by atoms with Crippen molar-refractivity contribution in [1.29, 1.82) is 0 Å². The first kappa shape index (κ1) is 15.9. The molecule has 1 aliphatic heterocycles. The molecule has 1 unspecified atom stereocenters. The Morgan fingerprint density at radius 1 is 1.00 bits per heavy atom. The Labute approximate surface area is 141 Å². The summed E-state index contributed by atoms with van der Waals surface area (Å²) in [5, 5.41) is 0. The van der Waals surface area contributed by atoms with Crippen molar-refractivity contribution in [3.8, 4) is 5.75 Å². The van der Waals surface area contributed by atoms with Crippen molar-refractivity contribution in [2.75, 3.05) is 12.0 Å². The molecular formula is C20H19NO3. The number of hydrogen-bond acceptors (Lipinski definition) is 4. The van der Waals surface area contributed by atoms with E-state index in [0.717, 1.165) is 11.3 Å². The SMILES string of the molecule is COC1=CC(C)=CC(C(=O)Oc2ccccc2)N1c1ccccc1. The van der Waals surface area contributed by atoms with Gasteiger partial charge in [0.1, 0.15) is 5.75 Å². The zero-order valence-electron chi connectivity index (χ0n) is 13.7. The van der Waals surface area contributed by atoms with Gasteiger partial charge in [-0.25, -0.2) is 4.79 Å². The molecule has 0 aliphatic carbocycles. The molecule has 122 valence electrons. The van der Waals surface area contributed by atoms with Gasteiger partial charge in [-0.2, -0.15) is 0 Å². The van der Waals surface area contributed by atoms with Crippen molar-refractivity contribution in [3.05, 3.63) is 84.3 Å². The van der Waals surface area contributed by atoms with E-state index >= 15 is 0 Å². The summed E-state index contributed by atoms with van der Waals surface area (Å²) in [6.45, 7) is 1.93. The van der Waals surface area contributed by atoms with Gasteiger partial charge in [-0.05, 0) is 42.8 Å². The van der Waals surface area contributed by atoms with E-state index in [4.69, 9.17) is 9.47 Å². The average Bonchev–Trinajstić information content (AvgIpc) is 2.62. The first-order chi connectivity index (χ1) is 11.7. The fourth-order valence-corrected chi connectivity index (χ4v) is 2.65. The maximum atomic E-state index is 12.8. The monoisotopic (exact) mass is 321 g/mol. The second kappa shape index (κ2) is 7.04. The van der Waals surface area contributed by atoms with Crippen LogP contribution in [0.1, 0.15) is 6.92 Å². The summed E-state index contributed by atoms with van der Waals surface area (Å²) < 4.78 is 11.0. The summed E-state index contributed by atoms with van der Waals surface area (Å²) in [7, 11) is 1.60. The standard InChI is InChI=1S/C20H19NO3/c1-15-13-18(20(22)24-17-11-7-4-8-12-17)21(19(14-15)23-2)16-9-5-3-6-10-16/h3-14,18H,1-2H3. The molecule has 1 heterocycles. The number of nitrogens with zero attached hydrogens (tertiary/aromatic N) is 1. The summed E-state index contributed by atoms with van der Waals surface area (Å²) in [5.74, 6) is 0.776. The van der Waals surface area contributed by atoms with Gasteiger partial charge in [0.05, 0.1) is 7.11 Å². The largest absolute Gasteiger partial charge is 0.482 e. The van der Waals surface area contributed by atoms with Crippen LogP contribution in [0.15, 0.2) is 84.3 Å².